The molecule has 1 unspecified atom stereocenters. The lowest BCUT2D eigenvalue weighted by Gasteiger charge is -2.26. The van der Waals surface area contributed by atoms with E-state index < -0.39 is 11.6 Å². The third-order valence-corrected chi connectivity index (χ3v) is 3.48. The molecule has 1 amide bonds. The van der Waals surface area contributed by atoms with Crippen molar-refractivity contribution in [1.29, 1.82) is 0 Å². The largest absolute Gasteiger partial charge is 0.465 e. The Bertz CT molecular complexity index is 567. The lowest BCUT2D eigenvalue weighted by atomic mass is 9.95. The normalized spacial score (nSPS) is 21.3. The molecule has 1 atom stereocenters. The second-order valence-electron chi connectivity index (χ2n) is 5.29. The van der Waals surface area contributed by atoms with Gasteiger partial charge in [-0.15, -0.1) is 0 Å². The Labute approximate surface area is 118 Å². The number of ether oxygens (including phenoxy) is 2. The van der Waals surface area contributed by atoms with Crippen molar-refractivity contribution in [3.63, 3.8) is 0 Å². The van der Waals surface area contributed by atoms with E-state index in [1.165, 1.54) is 7.11 Å². The Kier molecular flexibility index (Phi) is 3.56. The van der Waals surface area contributed by atoms with E-state index >= 15 is 0 Å². The highest BCUT2D eigenvalue weighted by Crippen LogP contribution is 2.42. The van der Waals surface area contributed by atoms with E-state index in [4.69, 9.17) is 9.47 Å². The van der Waals surface area contributed by atoms with Crippen LogP contribution in [0.4, 0.5) is 5.69 Å². The van der Waals surface area contributed by atoms with Crippen molar-refractivity contribution in [2.75, 3.05) is 19.1 Å². The number of hydrogen-bond acceptors (Lipinski definition) is 4. The van der Waals surface area contributed by atoms with E-state index in [1.54, 1.807) is 37.1 Å². The highest BCUT2D eigenvalue weighted by Gasteiger charge is 2.48. The molecular weight excluding hydrogens is 258 g/mol. The molecule has 0 saturated heterocycles. The topological polar surface area (TPSA) is 55.8 Å². The smallest absolute Gasteiger partial charge is 0.337 e. The monoisotopic (exact) mass is 277 g/mol. The van der Waals surface area contributed by atoms with E-state index in [9.17, 15) is 9.59 Å². The Morgan fingerprint density at radius 2 is 2.00 bits per heavy atom. The number of hydrogen-bond donors (Lipinski definition) is 0. The van der Waals surface area contributed by atoms with Gasteiger partial charge in [0, 0.05) is 12.6 Å². The van der Waals surface area contributed by atoms with E-state index in [1.807, 2.05) is 13.8 Å². The standard InChI is InChI=1S/C15H19NO4/c1-9(2)20-15(3)11-8-10(13(17)19-5)6-7-12(11)16(4)14(15)18/h6-9H,1-5H3. The van der Waals surface area contributed by atoms with Gasteiger partial charge in [0.05, 0.1) is 24.5 Å². The quantitative estimate of drug-likeness (QED) is 0.794. The van der Waals surface area contributed by atoms with Gasteiger partial charge in [-0.25, -0.2) is 4.79 Å². The number of likely N-dealkylation sites (N-methyl/N-ethyl adjacent to an activating group) is 1. The molecule has 0 spiro atoms. The number of anilines is 1. The molecule has 0 saturated carbocycles. The van der Waals surface area contributed by atoms with Crippen LogP contribution in [-0.4, -0.2) is 32.1 Å². The summed E-state index contributed by atoms with van der Waals surface area (Å²) in [4.78, 5) is 25.7. The van der Waals surface area contributed by atoms with E-state index in [0.717, 1.165) is 5.69 Å². The molecule has 0 radical (unpaired) electrons. The molecular formula is C15H19NO4. The van der Waals surface area contributed by atoms with E-state index in [2.05, 4.69) is 0 Å². The SMILES string of the molecule is COC(=O)c1ccc2c(c1)C(C)(OC(C)C)C(=O)N2C. The molecule has 20 heavy (non-hydrogen) atoms. The summed E-state index contributed by atoms with van der Waals surface area (Å²) in [7, 11) is 3.03. The van der Waals surface area contributed by atoms with Crippen LogP contribution < -0.4 is 4.90 Å². The minimum Gasteiger partial charge on any atom is -0.465 e. The molecule has 5 heteroatoms. The van der Waals surface area contributed by atoms with Gasteiger partial charge in [-0.05, 0) is 39.0 Å². The molecule has 1 heterocycles. The van der Waals surface area contributed by atoms with Crippen molar-refractivity contribution >= 4 is 17.6 Å². The Morgan fingerprint density at radius 3 is 2.55 bits per heavy atom. The maximum absolute atomic E-state index is 12.5. The number of amides is 1. The summed E-state index contributed by atoms with van der Waals surface area (Å²) in [6.07, 6.45) is -0.106. The summed E-state index contributed by atoms with van der Waals surface area (Å²) in [5.41, 5.74) is 0.794. The van der Waals surface area contributed by atoms with E-state index in [0.29, 0.717) is 11.1 Å². The molecule has 108 valence electrons. The second kappa shape index (κ2) is 4.90. The maximum Gasteiger partial charge on any atom is 0.337 e. The first-order valence-electron chi connectivity index (χ1n) is 6.50. The van der Waals surface area contributed by atoms with Gasteiger partial charge < -0.3 is 14.4 Å². The van der Waals surface area contributed by atoms with Crippen molar-refractivity contribution in [2.24, 2.45) is 0 Å². The number of fused-ring (bicyclic) bond motifs is 1. The first-order chi connectivity index (χ1) is 9.31. The summed E-state index contributed by atoms with van der Waals surface area (Å²) in [5, 5.41) is 0. The van der Waals surface area contributed by atoms with Crippen LogP contribution in [0, 0.1) is 0 Å². The third-order valence-electron chi connectivity index (χ3n) is 3.48. The molecule has 1 aromatic carbocycles. The van der Waals surface area contributed by atoms with Crippen LogP contribution in [0.2, 0.25) is 0 Å². The molecule has 0 fully saturated rings. The lowest BCUT2D eigenvalue weighted by molar-refractivity contribution is -0.146. The summed E-state index contributed by atoms with van der Waals surface area (Å²) in [6, 6.07) is 5.06. The lowest BCUT2D eigenvalue weighted by Crippen LogP contribution is -2.40. The van der Waals surface area contributed by atoms with Crippen LogP contribution in [0.5, 0.6) is 0 Å². The van der Waals surface area contributed by atoms with Crippen molar-refractivity contribution in [3.05, 3.63) is 29.3 Å². The average molecular weight is 277 g/mol. The summed E-state index contributed by atoms with van der Waals surface area (Å²) >= 11 is 0. The van der Waals surface area contributed by atoms with Gasteiger partial charge in [0.2, 0.25) is 0 Å². The van der Waals surface area contributed by atoms with Crippen molar-refractivity contribution in [2.45, 2.75) is 32.5 Å². The minimum absolute atomic E-state index is 0.106. The van der Waals surface area contributed by atoms with Crippen LogP contribution in [0.15, 0.2) is 18.2 Å². The fourth-order valence-electron chi connectivity index (χ4n) is 2.59. The Hall–Kier alpha value is -1.88. The number of carbonyl (C=O) groups excluding carboxylic acids is 2. The zero-order valence-electron chi connectivity index (χ0n) is 12.4. The third kappa shape index (κ3) is 2.08. The van der Waals surface area contributed by atoms with Crippen LogP contribution in [0.1, 0.15) is 36.7 Å². The van der Waals surface area contributed by atoms with E-state index in [-0.39, 0.29) is 12.0 Å². The molecule has 1 aliphatic rings. The first kappa shape index (κ1) is 14.5. The number of methoxy groups -OCH3 is 1. The molecule has 1 aromatic rings. The van der Waals surface area contributed by atoms with Gasteiger partial charge in [-0.2, -0.15) is 0 Å². The van der Waals surface area contributed by atoms with Gasteiger partial charge in [0.25, 0.3) is 5.91 Å². The number of rotatable bonds is 3. The van der Waals surface area contributed by atoms with Gasteiger partial charge in [0.15, 0.2) is 5.60 Å². The summed E-state index contributed by atoms with van der Waals surface area (Å²) in [6.45, 7) is 5.49. The summed E-state index contributed by atoms with van der Waals surface area (Å²) in [5.74, 6) is -0.565. The predicted octanol–water partition coefficient (Wildman–Crippen LogP) is 2.09. The van der Waals surface area contributed by atoms with Gasteiger partial charge in [-0.3, -0.25) is 4.79 Å². The van der Waals surface area contributed by atoms with Crippen molar-refractivity contribution in [3.8, 4) is 0 Å². The maximum atomic E-state index is 12.5. The molecule has 1 aliphatic heterocycles. The average Bonchev–Trinajstić information content (AvgIpc) is 2.59. The van der Waals surface area contributed by atoms with Crippen molar-refractivity contribution in [1.82, 2.24) is 0 Å². The molecule has 0 aromatic heterocycles. The molecule has 2 rings (SSSR count). The van der Waals surface area contributed by atoms with Crippen LogP contribution in [-0.2, 0) is 19.9 Å². The fraction of sp³-hybridized carbons (Fsp3) is 0.467. The van der Waals surface area contributed by atoms with Crippen LogP contribution in [0.25, 0.3) is 0 Å². The Balaban J connectivity index is 2.56. The number of esters is 1. The van der Waals surface area contributed by atoms with Crippen molar-refractivity contribution < 1.29 is 19.1 Å². The van der Waals surface area contributed by atoms with Gasteiger partial charge in [-0.1, -0.05) is 0 Å². The second-order valence-corrected chi connectivity index (χ2v) is 5.29. The number of nitrogens with zero attached hydrogens (tertiary/aromatic N) is 1. The molecule has 0 bridgehead atoms. The zero-order valence-corrected chi connectivity index (χ0v) is 12.4. The highest BCUT2D eigenvalue weighted by molar-refractivity contribution is 6.07. The minimum atomic E-state index is -1.07. The Morgan fingerprint density at radius 1 is 1.35 bits per heavy atom. The zero-order chi connectivity index (χ0) is 15.1. The first-order valence-corrected chi connectivity index (χ1v) is 6.50. The van der Waals surface area contributed by atoms with Crippen LogP contribution >= 0.6 is 0 Å². The van der Waals surface area contributed by atoms with Gasteiger partial charge >= 0.3 is 5.97 Å². The fourth-order valence-corrected chi connectivity index (χ4v) is 2.59. The van der Waals surface area contributed by atoms with Gasteiger partial charge in [0.1, 0.15) is 0 Å². The molecule has 0 N–H and O–H groups in total. The highest BCUT2D eigenvalue weighted by atomic mass is 16.5. The van der Waals surface area contributed by atoms with Crippen LogP contribution in [0.3, 0.4) is 0 Å². The summed E-state index contributed by atoms with van der Waals surface area (Å²) < 4.78 is 10.6. The molecule has 0 aliphatic carbocycles. The predicted molar refractivity (Wildman–Crippen MR) is 74.8 cm³/mol. The molecule has 5 nitrogen and oxygen atoms in total. The number of carbonyl (C=O) groups is 2. The number of benzene rings is 1.